The molecule has 180 valence electrons. The third-order valence-electron chi connectivity index (χ3n) is 3.95. The first kappa shape index (κ1) is 26.7. The molecule has 0 aliphatic rings. The SMILES string of the molecule is CCOC(=O)c1sc(NC(=O)CCSCCC(=O)Nc2nc(C)c(C(=O)OCC)s2)nc1C. The van der Waals surface area contributed by atoms with Crippen LogP contribution in [0.4, 0.5) is 10.3 Å². The molecule has 2 aromatic rings. The summed E-state index contributed by atoms with van der Waals surface area (Å²) in [6, 6.07) is 0. The molecule has 0 aliphatic carbocycles. The number of thioether (sulfide) groups is 1. The molecule has 2 rings (SSSR count). The molecular weight excluding hydrogens is 488 g/mol. The van der Waals surface area contributed by atoms with E-state index in [0.29, 0.717) is 42.9 Å². The highest BCUT2D eigenvalue weighted by Gasteiger charge is 2.18. The van der Waals surface area contributed by atoms with E-state index in [1.165, 1.54) is 11.8 Å². The van der Waals surface area contributed by atoms with Crippen molar-refractivity contribution in [2.24, 2.45) is 0 Å². The van der Waals surface area contributed by atoms with Crippen LogP contribution in [-0.4, -0.2) is 58.4 Å². The Bertz CT molecular complexity index is 926. The first-order valence-electron chi connectivity index (χ1n) is 10.2. The fourth-order valence-corrected chi connectivity index (χ4v) is 5.08. The van der Waals surface area contributed by atoms with Crippen LogP contribution >= 0.6 is 34.4 Å². The zero-order valence-corrected chi connectivity index (χ0v) is 21.3. The minimum atomic E-state index is -0.452. The molecule has 0 bridgehead atoms. The van der Waals surface area contributed by atoms with E-state index in [0.717, 1.165) is 22.7 Å². The smallest absolute Gasteiger partial charge is 0.350 e. The molecule has 0 fully saturated rings. The maximum atomic E-state index is 12.1. The molecule has 0 atom stereocenters. The zero-order chi connectivity index (χ0) is 24.4. The van der Waals surface area contributed by atoms with Gasteiger partial charge >= 0.3 is 11.9 Å². The Morgan fingerprint density at radius 1 is 0.788 bits per heavy atom. The zero-order valence-electron chi connectivity index (χ0n) is 18.8. The maximum Gasteiger partial charge on any atom is 0.350 e. The van der Waals surface area contributed by atoms with Crippen molar-refractivity contribution in [1.29, 1.82) is 0 Å². The molecular formula is C20H26N4O6S3. The molecule has 0 aromatic carbocycles. The number of thiazole rings is 2. The molecule has 0 radical (unpaired) electrons. The van der Waals surface area contributed by atoms with Crippen LogP contribution in [0.5, 0.6) is 0 Å². The van der Waals surface area contributed by atoms with Crippen molar-refractivity contribution in [2.75, 3.05) is 35.4 Å². The molecule has 10 nitrogen and oxygen atoms in total. The maximum absolute atomic E-state index is 12.1. The third kappa shape index (κ3) is 8.41. The number of carbonyl (C=O) groups is 4. The highest BCUT2D eigenvalue weighted by atomic mass is 32.2. The van der Waals surface area contributed by atoms with Crippen molar-refractivity contribution in [3.8, 4) is 0 Å². The Kier molecular flexibility index (Phi) is 10.7. The van der Waals surface area contributed by atoms with Gasteiger partial charge in [-0.25, -0.2) is 19.6 Å². The van der Waals surface area contributed by atoms with Crippen molar-refractivity contribution in [1.82, 2.24) is 9.97 Å². The number of hydrogen-bond acceptors (Lipinski definition) is 11. The fourth-order valence-electron chi connectivity index (χ4n) is 2.47. The van der Waals surface area contributed by atoms with Crippen molar-refractivity contribution in [3.63, 3.8) is 0 Å². The number of ether oxygens (including phenoxy) is 2. The van der Waals surface area contributed by atoms with E-state index in [1.54, 1.807) is 27.7 Å². The van der Waals surface area contributed by atoms with E-state index in [4.69, 9.17) is 9.47 Å². The average molecular weight is 515 g/mol. The lowest BCUT2D eigenvalue weighted by atomic mass is 10.4. The van der Waals surface area contributed by atoms with Crippen LogP contribution in [0.1, 0.15) is 57.4 Å². The van der Waals surface area contributed by atoms with Gasteiger partial charge in [-0.15, -0.1) is 0 Å². The lowest BCUT2D eigenvalue weighted by Crippen LogP contribution is -2.13. The van der Waals surface area contributed by atoms with Gasteiger partial charge in [0.25, 0.3) is 0 Å². The molecule has 0 spiro atoms. The van der Waals surface area contributed by atoms with E-state index < -0.39 is 11.9 Å². The van der Waals surface area contributed by atoms with Crippen LogP contribution in [0.25, 0.3) is 0 Å². The van der Waals surface area contributed by atoms with Gasteiger partial charge in [-0.1, -0.05) is 22.7 Å². The van der Waals surface area contributed by atoms with Crippen LogP contribution in [0.3, 0.4) is 0 Å². The van der Waals surface area contributed by atoms with Crippen molar-refractivity contribution in [3.05, 3.63) is 21.1 Å². The molecule has 0 saturated heterocycles. The van der Waals surface area contributed by atoms with E-state index >= 15 is 0 Å². The first-order chi connectivity index (χ1) is 15.7. The first-order valence-corrected chi connectivity index (χ1v) is 13.0. The number of nitrogens with zero attached hydrogens (tertiary/aromatic N) is 2. The number of hydrogen-bond donors (Lipinski definition) is 2. The minimum Gasteiger partial charge on any atom is -0.462 e. The average Bonchev–Trinajstić information content (AvgIpc) is 3.29. The second-order valence-corrected chi connectivity index (χ2v) is 9.74. The normalized spacial score (nSPS) is 10.5. The summed E-state index contributed by atoms with van der Waals surface area (Å²) in [4.78, 5) is 57.0. The van der Waals surface area contributed by atoms with Crippen LogP contribution in [0, 0.1) is 13.8 Å². The van der Waals surface area contributed by atoms with Gasteiger partial charge in [0.1, 0.15) is 9.75 Å². The Labute approximate surface area is 203 Å². The second-order valence-electron chi connectivity index (χ2n) is 6.52. The standard InChI is InChI=1S/C20H26N4O6S3/c1-5-29-17(27)15-11(3)21-19(32-15)23-13(25)7-9-31-10-8-14(26)24-20-22-12(4)16(33-20)18(28)30-6-2/h5-10H2,1-4H3,(H,21,23,25)(H,22,24,26). The number of aryl methyl sites for hydroxylation is 2. The molecule has 13 heteroatoms. The number of aromatic nitrogens is 2. The van der Waals surface area contributed by atoms with Crippen LogP contribution < -0.4 is 10.6 Å². The topological polar surface area (TPSA) is 137 Å². The summed E-state index contributed by atoms with van der Waals surface area (Å²) >= 11 is 3.63. The fraction of sp³-hybridized carbons (Fsp3) is 0.500. The molecule has 2 N–H and O–H groups in total. The number of anilines is 2. The van der Waals surface area contributed by atoms with Crippen LogP contribution in [0.2, 0.25) is 0 Å². The summed E-state index contributed by atoms with van der Waals surface area (Å²) in [5.41, 5.74) is 1.03. The van der Waals surface area contributed by atoms with E-state index in [9.17, 15) is 19.2 Å². The molecule has 2 aromatic heterocycles. The predicted octanol–water partition coefficient (Wildman–Crippen LogP) is 3.66. The summed E-state index contributed by atoms with van der Waals surface area (Å²) in [6.45, 7) is 7.35. The monoisotopic (exact) mass is 514 g/mol. The van der Waals surface area contributed by atoms with Crippen molar-refractivity contribution in [2.45, 2.75) is 40.5 Å². The number of rotatable bonds is 12. The van der Waals surface area contributed by atoms with Crippen LogP contribution in [-0.2, 0) is 19.1 Å². The minimum absolute atomic E-state index is 0.221. The van der Waals surface area contributed by atoms with Gasteiger partial charge < -0.3 is 20.1 Å². The highest BCUT2D eigenvalue weighted by molar-refractivity contribution is 7.99. The summed E-state index contributed by atoms with van der Waals surface area (Å²) in [7, 11) is 0. The quantitative estimate of drug-likeness (QED) is 0.321. The largest absolute Gasteiger partial charge is 0.462 e. The lowest BCUT2D eigenvalue weighted by Gasteiger charge is -2.03. The summed E-state index contributed by atoms with van der Waals surface area (Å²) in [5, 5.41) is 6.07. The molecule has 0 aliphatic heterocycles. The van der Waals surface area contributed by atoms with Gasteiger partial charge in [-0.2, -0.15) is 11.8 Å². The highest BCUT2D eigenvalue weighted by Crippen LogP contribution is 2.25. The van der Waals surface area contributed by atoms with Crippen molar-refractivity contribution < 1.29 is 28.7 Å². The van der Waals surface area contributed by atoms with E-state index in [-0.39, 0.29) is 37.9 Å². The summed E-state index contributed by atoms with van der Waals surface area (Å²) in [6.07, 6.45) is 0.489. The number of esters is 2. The van der Waals surface area contributed by atoms with Gasteiger partial charge in [0.2, 0.25) is 11.8 Å². The molecule has 0 saturated carbocycles. The second kappa shape index (κ2) is 13.3. The van der Waals surface area contributed by atoms with Gasteiger partial charge in [-0.3, -0.25) is 9.59 Å². The predicted molar refractivity (Wildman–Crippen MR) is 129 cm³/mol. The van der Waals surface area contributed by atoms with Crippen LogP contribution in [0.15, 0.2) is 0 Å². The Balaban J connectivity index is 1.68. The molecule has 2 heterocycles. The summed E-state index contributed by atoms with van der Waals surface area (Å²) < 4.78 is 9.92. The Hall–Kier alpha value is -2.51. The molecule has 0 unspecified atom stereocenters. The van der Waals surface area contributed by atoms with Gasteiger partial charge in [0.15, 0.2) is 10.3 Å². The Morgan fingerprint density at radius 3 is 1.55 bits per heavy atom. The molecule has 33 heavy (non-hydrogen) atoms. The van der Waals surface area contributed by atoms with Gasteiger partial charge in [0, 0.05) is 24.3 Å². The van der Waals surface area contributed by atoms with Crippen molar-refractivity contribution >= 4 is 68.5 Å². The number of carbonyl (C=O) groups excluding carboxylic acids is 4. The summed E-state index contributed by atoms with van der Waals surface area (Å²) in [5.74, 6) is -0.296. The Morgan fingerprint density at radius 2 is 1.18 bits per heavy atom. The van der Waals surface area contributed by atoms with Gasteiger partial charge in [-0.05, 0) is 27.7 Å². The molecule has 2 amide bonds. The van der Waals surface area contributed by atoms with Gasteiger partial charge in [0.05, 0.1) is 24.6 Å². The number of amides is 2. The lowest BCUT2D eigenvalue weighted by molar-refractivity contribution is -0.116. The number of nitrogens with one attached hydrogen (secondary N) is 2. The van der Waals surface area contributed by atoms with E-state index in [2.05, 4.69) is 20.6 Å². The third-order valence-corrected chi connectivity index (χ3v) is 7.05. The van der Waals surface area contributed by atoms with E-state index in [1.807, 2.05) is 0 Å².